The van der Waals surface area contributed by atoms with E-state index in [1.165, 1.54) is 4.57 Å². The van der Waals surface area contributed by atoms with Crippen LogP contribution in [0.3, 0.4) is 0 Å². The first-order valence-corrected chi connectivity index (χ1v) is 12.6. The van der Waals surface area contributed by atoms with Gasteiger partial charge in [0, 0.05) is 29.1 Å². The Morgan fingerprint density at radius 1 is 0.842 bits per heavy atom. The lowest BCUT2D eigenvalue weighted by atomic mass is 9.96. The molecular formula is C32H28N2O4. The fraction of sp³-hybridized carbons (Fsp3) is 0.156. The molecule has 0 aliphatic rings. The van der Waals surface area contributed by atoms with Gasteiger partial charge in [-0.25, -0.2) is 4.79 Å². The number of amides is 1. The van der Waals surface area contributed by atoms with E-state index in [9.17, 15) is 14.4 Å². The molecule has 5 rings (SSSR count). The maximum absolute atomic E-state index is 13.7. The second kappa shape index (κ2) is 10.3. The molecule has 1 N–H and O–H groups in total. The third-order valence-electron chi connectivity index (χ3n) is 6.80. The normalized spacial score (nSPS) is 11.9. The van der Waals surface area contributed by atoms with Crippen molar-refractivity contribution < 1.29 is 14.3 Å². The SMILES string of the molecule is CCC(OC(=O)c1c(-c2ccc(C)cc2)c2ccccc2c(=O)n1C)C(=O)Nc1cccc2ccccc12. The summed E-state index contributed by atoms with van der Waals surface area (Å²) in [5.74, 6) is -1.16. The van der Waals surface area contributed by atoms with E-state index < -0.39 is 18.0 Å². The summed E-state index contributed by atoms with van der Waals surface area (Å²) < 4.78 is 7.11. The topological polar surface area (TPSA) is 77.4 Å². The first-order valence-electron chi connectivity index (χ1n) is 12.6. The molecule has 0 radical (unpaired) electrons. The zero-order valence-electron chi connectivity index (χ0n) is 21.5. The number of nitrogens with zero attached hydrogens (tertiary/aromatic N) is 1. The second-order valence-electron chi connectivity index (χ2n) is 9.32. The number of rotatable bonds is 6. The number of anilines is 1. The van der Waals surface area contributed by atoms with E-state index in [0.717, 1.165) is 21.9 Å². The Labute approximate surface area is 220 Å². The molecule has 190 valence electrons. The van der Waals surface area contributed by atoms with Crippen LogP contribution in [0.15, 0.2) is 95.8 Å². The number of nitrogens with one attached hydrogen (secondary N) is 1. The lowest BCUT2D eigenvalue weighted by molar-refractivity contribution is -0.124. The smallest absolute Gasteiger partial charge is 0.356 e. The maximum Gasteiger partial charge on any atom is 0.356 e. The fourth-order valence-corrected chi connectivity index (χ4v) is 4.77. The van der Waals surface area contributed by atoms with Gasteiger partial charge in [-0.1, -0.05) is 91.3 Å². The van der Waals surface area contributed by atoms with Gasteiger partial charge in [-0.05, 0) is 41.8 Å². The van der Waals surface area contributed by atoms with Gasteiger partial charge in [0.15, 0.2) is 6.10 Å². The average molecular weight is 505 g/mol. The van der Waals surface area contributed by atoms with Crippen molar-refractivity contribution in [3.05, 3.63) is 113 Å². The van der Waals surface area contributed by atoms with Gasteiger partial charge in [-0.3, -0.25) is 9.59 Å². The first-order chi connectivity index (χ1) is 18.4. The van der Waals surface area contributed by atoms with Crippen LogP contribution in [0.5, 0.6) is 0 Å². The lowest BCUT2D eigenvalue weighted by Crippen LogP contribution is -2.34. The Morgan fingerprint density at radius 2 is 1.47 bits per heavy atom. The van der Waals surface area contributed by atoms with Gasteiger partial charge in [0.25, 0.3) is 11.5 Å². The highest BCUT2D eigenvalue weighted by Gasteiger charge is 2.28. The van der Waals surface area contributed by atoms with Crippen LogP contribution in [0.2, 0.25) is 0 Å². The molecule has 1 atom stereocenters. The zero-order valence-corrected chi connectivity index (χ0v) is 21.5. The molecule has 0 bridgehead atoms. The quantitative estimate of drug-likeness (QED) is 0.278. The van der Waals surface area contributed by atoms with Crippen molar-refractivity contribution in [3.63, 3.8) is 0 Å². The number of hydrogen-bond donors (Lipinski definition) is 1. The van der Waals surface area contributed by atoms with Crippen molar-refractivity contribution in [3.8, 4) is 11.1 Å². The van der Waals surface area contributed by atoms with Crippen molar-refractivity contribution in [1.82, 2.24) is 4.57 Å². The monoisotopic (exact) mass is 504 g/mol. The highest BCUT2D eigenvalue weighted by molar-refractivity contribution is 6.08. The molecule has 0 saturated heterocycles. The predicted molar refractivity (Wildman–Crippen MR) is 151 cm³/mol. The summed E-state index contributed by atoms with van der Waals surface area (Å²) in [6.07, 6.45) is -0.780. The number of carbonyl (C=O) groups is 2. The van der Waals surface area contributed by atoms with Crippen LogP contribution < -0.4 is 10.9 Å². The molecule has 0 fully saturated rings. The molecule has 0 aliphatic heterocycles. The second-order valence-corrected chi connectivity index (χ2v) is 9.32. The molecule has 1 unspecified atom stereocenters. The average Bonchev–Trinajstić information content (AvgIpc) is 2.94. The van der Waals surface area contributed by atoms with Gasteiger partial charge < -0.3 is 14.6 Å². The van der Waals surface area contributed by atoms with Crippen molar-refractivity contribution in [1.29, 1.82) is 0 Å². The van der Waals surface area contributed by atoms with Gasteiger partial charge >= 0.3 is 5.97 Å². The summed E-state index contributed by atoms with van der Waals surface area (Å²) in [6.45, 7) is 3.76. The molecule has 4 aromatic carbocycles. The van der Waals surface area contributed by atoms with Crippen LogP contribution in [0.4, 0.5) is 5.69 Å². The Hall–Kier alpha value is -4.71. The molecule has 6 nitrogen and oxygen atoms in total. The molecular weight excluding hydrogens is 476 g/mol. The molecule has 6 heteroatoms. The molecule has 5 aromatic rings. The van der Waals surface area contributed by atoms with Crippen LogP contribution in [0.25, 0.3) is 32.7 Å². The van der Waals surface area contributed by atoms with E-state index in [4.69, 9.17) is 4.74 Å². The van der Waals surface area contributed by atoms with E-state index in [-0.39, 0.29) is 17.7 Å². The van der Waals surface area contributed by atoms with E-state index in [1.807, 2.05) is 85.8 Å². The third kappa shape index (κ3) is 4.57. The van der Waals surface area contributed by atoms with Crippen molar-refractivity contribution in [2.45, 2.75) is 26.4 Å². The fourth-order valence-electron chi connectivity index (χ4n) is 4.77. The Kier molecular flexibility index (Phi) is 6.79. The van der Waals surface area contributed by atoms with E-state index in [0.29, 0.717) is 22.0 Å². The number of aromatic nitrogens is 1. The summed E-state index contributed by atoms with van der Waals surface area (Å²) in [5, 5.41) is 5.95. The van der Waals surface area contributed by atoms with Gasteiger partial charge in [0.2, 0.25) is 0 Å². The van der Waals surface area contributed by atoms with Gasteiger partial charge in [0.1, 0.15) is 5.69 Å². The highest BCUT2D eigenvalue weighted by Crippen LogP contribution is 2.32. The summed E-state index contributed by atoms with van der Waals surface area (Å²) in [6, 6.07) is 28.3. The van der Waals surface area contributed by atoms with Crippen molar-refractivity contribution in [2.75, 3.05) is 5.32 Å². The number of ether oxygens (including phenoxy) is 1. The van der Waals surface area contributed by atoms with Gasteiger partial charge in [-0.2, -0.15) is 0 Å². The van der Waals surface area contributed by atoms with E-state index in [1.54, 1.807) is 26.1 Å². The van der Waals surface area contributed by atoms with Crippen molar-refractivity contribution in [2.24, 2.45) is 7.05 Å². The molecule has 1 heterocycles. The molecule has 0 saturated carbocycles. The number of fused-ring (bicyclic) bond motifs is 2. The largest absolute Gasteiger partial charge is 0.448 e. The summed E-state index contributed by atoms with van der Waals surface area (Å²) >= 11 is 0. The van der Waals surface area contributed by atoms with Crippen molar-refractivity contribution >= 4 is 39.1 Å². The minimum atomic E-state index is -1.05. The summed E-state index contributed by atoms with van der Waals surface area (Å²) in [7, 11) is 1.56. The van der Waals surface area contributed by atoms with Gasteiger partial charge in [0.05, 0.1) is 0 Å². The molecule has 38 heavy (non-hydrogen) atoms. The minimum absolute atomic E-state index is 0.106. The zero-order chi connectivity index (χ0) is 26.8. The summed E-state index contributed by atoms with van der Waals surface area (Å²) in [5.41, 5.74) is 2.88. The first kappa shape index (κ1) is 25.0. The van der Waals surface area contributed by atoms with Crippen LogP contribution in [-0.2, 0) is 16.6 Å². The molecule has 1 aromatic heterocycles. The number of pyridine rings is 1. The molecule has 0 aliphatic carbocycles. The maximum atomic E-state index is 13.7. The Morgan fingerprint density at radius 3 is 2.18 bits per heavy atom. The van der Waals surface area contributed by atoms with Gasteiger partial charge in [-0.15, -0.1) is 0 Å². The molecule has 1 amide bonds. The number of benzene rings is 4. The summed E-state index contributed by atoms with van der Waals surface area (Å²) in [4.78, 5) is 40.2. The van der Waals surface area contributed by atoms with Crippen LogP contribution >= 0.6 is 0 Å². The number of aryl methyl sites for hydroxylation is 1. The Bertz CT molecular complexity index is 1730. The van der Waals surface area contributed by atoms with E-state index in [2.05, 4.69) is 5.32 Å². The Balaban J connectivity index is 1.54. The minimum Gasteiger partial charge on any atom is -0.448 e. The van der Waals surface area contributed by atoms with Crippen LogP contribution in [0.1, 0.15) is 29.4 Å². The van der Waals surface area contributed by atoms with E-state index >= 15 is 0 Å². The number of hydrogen-bond acceptors (Lipinski definition) is 4. The van der Waals surface area contributed by atoms with Crippen LogP contribution in [-0.4, -0.2) is 22.5 Å². The van der Waals surface area contributed by atoms with Crippen LogP contribution in [0, 0.1) is 6.92 Å². The standard InChI is InChI=1S/C32H28N2O4/c1-4-27(30(35)33-26-15-9-11-21-10-5-6-12-23(21)26)38-32(37)29-28(22-18-16-20(2)17-19-22)24-13-7-8-14-25(24)31(36)34(29)3/h5-19,27H,4H2,1-3H3,(H,33,35). The highest BCUT2D eigenvalue weighted by atomic mass is 16.5. The molecule has 0 spiro atoms. The number of carbonyl (C=O) groups excluding carboxylic acids is 2. The number of esters is 1. The lowest BCUT2D eigenvalue weighted by Gasteiger charge is -2.20. The third-order valence-corrected chi connectivity index (χ3v) is 6.80. The predicted octanol–water partition coefficient (Wildman–Crippen LogP) is 6.24.